The number of sulfonamides is 1. The Labute approximate surface area is 243 Å². The van der Waals surface area contributed by atoms with Crippen LogP contribution in [0.2, 0.25) is 5.02 Å². The van der Waals surface area contributed by atoms with Crippen LogP contribution >= 0.6 is 11.6 Å². The summed E-state index contributed by atoms with van der Waals surface area (Å²) in [5.74, 6) is -0.792. The van der Waals surface area contributed by atoms with Crippen LogP contribution in [0.1, 0.15) is 51.7 Å². The van der Waals surface area contributed by atoms with E-state index >= 15 is 0 Å². The maximum absolute atomic E-state index is 14.2. The Morgan fingerprint density at radius 1 is 0.850 bits per heavy atom. The molecule has 3 aromatic carbocycles. The molecular formula is C31H38ClN3O4S. The number of halogens is 1. The van der Waals surface area contributed by atoms with Gasteiger partial charge in [0.15, 0.2) is 0 Å². The van der Waals surface area contributed by atoms with Gasteiger partial charge in [-0.05, 0) is 61.6 Å². The van der Waals surface area contributed by atoms with Gasteiger partial charge in [0.05, 0.1) is 10.6 Å². The first-order valence-corrected chi connectivity index (χ1v) is 15.4. The number of rotatable bonds is 13. The number of aryl methyl sites for hydroxylation is 1. The summed E-state index contributed by atoms with van der Waals surface area (Å²) in [7, 11) is -4.11. The van der Waals surface area contributed by atoms with Gasteiger partial charge >= 0.3 is 0 Å². The Balaban J connectivity index is 2.10. The summed E-state index contributed by atoms with van der Waals surface area (Å²) in [5, 5.41) is 3.44. The zero-order valence-corrected chi connectivity index (χ0v) is 25.1. The molecule has 3 aromatic rings. The molecular weight excluding hydrogens is 546 g/mol. The van der Waals surface area contributed by atoms with Crippen LogP contribution in [0.25, 0.3) is 0 Å². The molecule has 0 heterocycles. The predicted octanol–water partition coefficient (Wildman–Crippen LogP) is 5.82. The van der Waals surface area contributed by atoms with E-state index in [2.05, 4.69) is 5.32 Å². The highest BCUT2D eigenvalue weighted by molar-refractivity contribution is 7.92. The summed E-state index contributed by atoms with van der Waals surface area (Å²) in [6, 6.07) is 21.4. The van der Waals surface area contributed by atoms with Gasteiger partial charge in [-0.3, -0.25) is 13.9 Å². The number of carbonyl (C=O) groups excluding carboxylic acids is 2. The summed E-state index contributed by atoms with van der Waals surface area (Å²) in [6.07, 6.45) is 1.65. The first-order valence-electron chi connectivity index (χ1n) is 13.6. The lowest BCUT2D eigenvalue weighted by atomic mass is 10.1. The molecule has 0 saturated carbocycles. The molecule has 0 bridgehead atoms. The van der Waals surface area contributed by atoms with Crippen molar-refractivity contribution in [1.29, 1.82) is 0 Å². The molecule has 7 nitrogen and oxygen atoms in total. The molecule has 214 valence electrons. The van der Waals surface area contributed by atoms with E-state index in [0.717, 1.165) is 16.3 Å². The number of para-hydroxylation sites is 1. The predicted molar refractivity (Wildman–Crippen MR) is 161 cm³/mol. The van der Waals surface area contributed by atoms with Crippen LogP contribution in [-0.4, -0.2) is 43.8 Å². The minimum Gasteiger partial charge on any atom is -0.352 e. The fourth-order valence-electron chi connectivity index (χ4n) is 4.46. The first-order chi connectivity index (χ1) is 19.1. The van der Waals surface area contributed by atoms with Crippen molar-refractivity contribution >= 4 is 39.1 Å². The lowest BCUT2D eigenvalue weighted by Gasteiger charge is -2.34. The van der Waals surface area contributed by atoms with E-state index in [-0.39, 0.29) is 23.4 Å². The van der Waals surface area contributed by atoms with Gasteiger partial charge in [-0.2, -0.15) is 0 Å². The van der Waals surface area contributed by atoms with E-state index in [0.29, 0.717) is 29.1 Å². The summed E-state index contributed by atoms with van der Waals surface area (Å²) >= 11 is 6.46. The normalized spacial score (nSPS) is 12.8. The third-order valence-electron chi connectivity index (χ3n) is 6.94. The van der Waals surface area contributed by atoms with Crippen molar-refractivity contribution < 1.29 is 18.0 Å². The fraction of sp³-hybridized carbons (Fsp3) is 0.355. The van der Waals surface area contributed by atoms with E-state index in [1.54, 1.807) is 48.5 Å². The van der Waals surface area contributed by atoms with Gasteiger partial charge in [0.2, 0.25) is 11.8 Å². The van der Waals surface area contributed by atoms with Gasteiger partial charge in [0, 0.05) is 17.6 Å². The molecule has 3 rings (SSSR count). The number of hydrogen-bond acceptors (Lipinski definition) is 4. The molecule has 40 heavy (non-hydrogen) atoms. The van der Waals surface area contributed by atoms with Crippen LogP contribution in [-0.2, 0) is 32.6 Å². The Morgan fingerprint density at radius 3 is 2.05 bits per heavy atom. The van der Waals surface area contributed by atoms with Crippen LogP contribution in [0.5, 0.6) is 0 Å². The standard InChI is InChI=1S/C31H38ClN3O4S/c1-5-23(4)33-31(37)28(7-3)34(21-25-16-11-13-19-27(25)32)30(36)22-35(29-20-14-12-15-24(29)6-2)40(38,39)26-17-9-8-10-18-26/h8-20,23,28H,5-7,21-22H2,1-4H3,(H,33,37)/t23-,28-/m1/s1. The molecule has 0 fully saturated rings. The average Bonchev–Trinajstić information content (AvgIpc) is 2.96. The van der Waals surface area contributed by atoms with Crippen molar-refractivity contribution in [2.75, 3.05) is 10.8 Å². The fourth-order valence-corrected chi connectivity index (χ4v) is 6.13. The highest BCUT2D eigenvalue weighted by Crippen LogP contribution is 2.28. The number of nitrogens with zero attached hydrogens (tertiary/aromatic N) is 2. The van der Waals surface area contributed by atoms with Crippen LogP contribution in [0.3, 0.4) is 0 Å². The van der Waals surface area contributed by atoms with E-state index in [1.165, 1.54) is 17.0 Å². The summed E-state index contributed by atoms with van der Waals surface area (Å²) in [4.78, 5) is 29.1. The molecule has 0 saturated heterocycles. The quantitative estimate of drug-likeness (QED) is 0.275. The molecule has 0 unspecified atom stereocenters. The van der Waals surface area contributed by atoms with Crippen LogP contribution in [0.15, 0.2) is 83.8 Å². The second kappa shape index (κ2) is 14.3. The molecule has 0 spiro atoms. The van der Waals surface area contributed by atoms with Crippen molar-refractivity contribution in [2.24, 2.45) is 0 Å². The van der Waals surface area contributed by atoms with Gasteiger partial charge < -0.3 is 10.2 Å². The monoisotopic (exact) mass is 583 g/mol. The number of amides is 2. The van der Waals surface area contributed by atoms with Crippen molar-refractivity contribution in [2.45, 2.75) is 70.5 Å². The second-order valence-corrected chi connectivity index (χ2v) is 11.9. The number of carbonyl (C=O) groups is 2. The largest absolute Gasteiger partial charge is 0.352 e. The van der Waals surface area contributed by atoms with Gasteiger partial charge in [0.1, 0.15) is 12.6 Å². The van der Waals surface area contributed by atoms with Gasteiger partial charge in [-0.15, -0.1) is 0 Å². The van der Waals surface area contributed by atoms with E-state index in [1.807, 2.05) is 45.9 Å². The van der Waals surface area contributed by atoms with Crippen molar-refractivity contribution in [3.63, 3.8) is 0 Å². The zero-order chi connectivity index (χ0) is 29.3. The molecule has 0 aliphatic carbocycles. The Kier molecular flexibility index (Phi) is 11.2. The summed E-state index contributed by atoms with van der Waals surface area (Å²) < 4.78 is 29.1. The van der Waals surface area contributed by atoms with Crippen molar-refractivity contribution in [3.05, 3.63) is 95.0 Å². The lowest BCUT2D eigenvalue weighted by Crippen LogP contribution is -2.53. The van der Waals surface area contributed by atoms with Crippen LogP contribution in [0.4, 0.5) is 5.69 Å². The lowest BCUT2D eigenvalue weighted by molar-refractivity contribution is -0.140. The number of anilines is 1. The van der Waals surface area contributed by atoms with E-state index in [4.69, 9.17) is 11.6 Å². The average molecular weight is 584 g/mol. The van der Waals surface area contributed by atoms with Gasteiger partial charge in [-0.1, -0.05) is 87.0 Å². The minimum absolute atomic E-state index is 0.0551. The smallest absolute Gasteiger partial charge is 0.264 e. The maximum atomic E-state index is 14.2. The molecule has 1 N–H and O–H groups in total. The molecule has 0 radical (unpaired) electrons. The second-order valence-electron chi connectivity index (χ2n) is 9.66. The molecule has 0 aromatic heterocycles. The summed E-state index contributed by atoms with van der Waals surface area (Å²) in [5.41, 5.74) is 1.88. The first kappa shape index (κ1) is 31.2. The molecule has 0 aliphatic rings. The molecule has 2 amide bonds. The SMILES string of the molecule is CCc1ccccc1N(CC(=O)N(Cc1ccccc1Cl)[C@H](CC)C(=O)N[C@H](C)CC)S(=O)(=O)c1ccccc1. The van der Waals surface area contributed by atoms with E-state index < -0.39 is 28.5 Å². The molecule has 2 atom stereocenters. The van der Waals surface area contributed by atoms with Crippen molar-refractivity contribution in [3.8, 4) is 0 Å². The highest BCUT2D eigenvalue weighted by atomic mass is 35.5. The van der Waals surface area contributed by atoms with Crippen LogP contribution < -0.4 is 9.62 Å². The van der Waals surface area contributed by atoms with Crippen LogP contribution in [0, 0.1) is 0 Å². The third kappa shape index (κ3) is 7.43. The number of hydrogen-bond donors (Lipinski definition) is 1. The third-order valence-corrected chi connectivity index (χ3v) is 9.08. The number of benzene rings is 3. The van der Waals surface area contributed by atoms with Gasteiger partial charge in [0.25, 0.3) is 10.0 Å². The van der Waals surface area contributed by atoms with Gasteiger partial charge in [-0.25, -0.2) is 8.42 Å². The maximum Gasteiger partial charge on any atom is 0.264 e. The Bertz CT molecular complexity index is 1400. The molecule has 0 aliphatic heterocycles. The molecule has 9 heteroatoms. The zero-order valence-electron chi connectivity index (χ0n) is 23.5. The van der Waals surface area contributed by atoms with E-state index in [9.17, 15) is 18.0 Å². The Morgan fingerprint density at radius 2 is 1.45 bits per heavy atom. The highest BCUT2D eigenvalue weighted by Gasteiger charge is 2.34. The Hall–Kier alpha value is -3.36. The van der Waals surface area contributed by atoms with Crippen molar-refractivity contribution in [1.82, 2.24) is 10.2 Å². The minimum atomic E-state index is -4.11. The summed E-state index contributed by atoms with van der Waals surface area (Å²) in [6.45, 7) is 7.21. The topological polar surface area (TPSA) is 86.8 Å². The number of nitrogens with one attached hydrogen (secondary N) is 1.